The molecular weight excluding hydrogens is 338 g/mol. The standard InChI is InChI=1S/C21H25N5O/c1-14-6-7-17(13-15(14)2)24-21(27)25-11-8-18(9-12-25)26-16(3)23-19-5-4-10-22-20(19)26/h4-7,10,13,18H,8-9,11-12H2,1-3H3,(H,24,27). The molecule has 2 aromatic heterocycles. The lowest BCUT2D eigenvalue weighted by Gasteiger charge is -2.33. The largest absolute Gasteiger partial charge is 0.324 e. The molecule has 0 bridgehead atoms. The van der Waals surface area contributed by atoms with E-state index < -0.39 is 0 Å². The van der Waals surface area contributed by atoms with E-state index in [0.29, 0.717) is 6.04 Å². The van der Waals surface area contributed by atoms with Crippen LogP contribution in [-0.4, -0.2) is 38.6 Å². The van der Waals surface area contributed by atoms with Gasteiger partial charge in [0.2, 0.25) is 0 Å². The van der Waals surface area contributed by atoms with Crippen molar-refractivity contribution in [2.75, 3.05) is 18.4 Å². The Morgan fingerprint density at radius 2 is 1.89 bits per heavy atom. The van der Waals surface area contributed by atoms with Crippen LogP contribution in [0.2, 0.25) is 0 Å². The summed E-state index contributed by atoms with van der Waals surface area (Å²) in [6.07, 6.45) is 3.62. The second-order valence-electron chi connectivity index (χ2n) is 7.32. The number of imidazole rings is 1. The number of piperidine rings is 1. The van der Waals surface area contributed by atoms with E-state index in [9.17, 15) is 4.79 Å². The number of hydrogen-bond acceptors (Lipinski definition) is 3. The fourth-order valence-corrected chi connectivity index (χ4v) is 3.83. The zero-order chi connectivity index (χ0) is 19.0. The summed E-state index contributed by atoms with van der Waals surface area (Å²) in [6.45, 7) is 7.62. The maximum absolute atomic E-state index is 12.6. The molecule has 3 heterocycles. The summed E-state index contributed by atoms with van der Waals surface area (Å²) >= 11 is 0. The van der Waals surface area contributed by atoms with Gasteiger partial charge in [-0.2, -0.15) is 0 Å². The molecule has 0 saturated carbocycles. The van der Waals surface area contributed by atoms with Crippen molar-refractivity contribution in [3.63, 3.8) is 0 Å². The van der Waals surface area contributed by atoms with Gasteiger partial charge < -0.3 is 14.8 Å². The SMILES string of the molecule is Cc1ccc(NC(=O)N2CCC(n3c(C)nc4cccnc43)CC2)cc1C. The molecule has 1 N–H and O–H groups in total. The molecule has 4 rings (SSSR count). The number of rotatable bonds is 2. The van der Waals surface area contributed by atoms with Crippen LogP contribution < -0.4 is 5.32 Å². The number of benzene rings is 1. The topological polar surface area (TPSA) is 63.1 Å². The lowest BCUT2D eigenvalue weighted by atomic mass is 10.0. The number of pyridine rings is 1. The Morgan fingerprint density at radius 3 is 2.63 bits per heavy atom. The summed E-state index contributed by atoms with van der Waals surface area (Å²) in [5.41, 5.74) is 5.13. The van der Waals surface area contributed by atoms with Gasteiger partial charge >= 0.3 is 6.03 Å². The highest BCUT2D eigenvalue weighted by atomic mass is 16.2. The molecule has 1 fully saturated rings. The number of aromatic nitrogens is 3. The Hall–Kier alpha value is -2.89. The number of anilines is 1. The van der Waals surface area contributed by atoms with Gasteiger partial charge in [-0.15, -0.1) is 0 Å². The van der Waals surface area contributed by atoms with Crippen molar-refractivity contribution in [3.8, 4) is 0 Å². The lowest BCUT2D eigenvalue weighted by Crippen LogP contribution is -2.41. The summed E-state index contributed by atoms with van der Waals surface area (Å²) in [5, 5.41) is 3.03. The first kappa shape index (κ1) is 17.5. The van der Waals surface area contributed by atoms with E-state index in [0.717, 1.165) is 48.6 Å². The van der Waals surface area contributed by atoms with Gasteiger partial charge in [0.25, 0.3) is 0 Å². The van der Waals surface area contributed by atoms with E-state index in [2.05, 4.69) is 33.7 Å². The van der Waals surface area contributed by atoms with E-state index in [1.807, 2.05) is 48.4 Å². The Bertz CT molecular complexity index is 985. The first-order valence-electron chi connectivity index (χ1n) is 9.45. The van der Waals surface area contributed by atoms with Crippen LogP contribution in [0.25, 0.3) is 11.2 Å². The number of aryl methyl sites for hydroxylation is 3. The van der Waals surface area contributed by atoms with Crippen LogP contribution >= 0.6 is 0 Å². The molecule has 1 saturated heterocycles. The summed E-state index contributed by atoms with van der Waals surface area (Å²) in [6, 6.07) is 10.2. The lowest BCUT2D eigenvalue weighted by molar-refractivity contribution is 0.184. The molecule has 1 aliphatic rings. The van der Waals surface area contributed by atoms with Crippen molar-refractivity contribution in [2.45, 2.75) is 39.7 Å². The molecule has 140 valence electrons. The number of nitrogens with zero attached hydrogens (tertiary/aromatic N) is 4. The Kier molecular flexibility index (Phi) is 4.56. The van der Waals surface area contributed by atoms with Gasteiger partial charge in [-0.25, -0.2) is 14.8 Å². The second kappa shape index (κ2) is 7.02. The molecule has 0 aliphatic carbocycles. The maximum Gasteiger partial charge on any atom is 0.321 e. The normalized spacial score (nSPS) is 15.3. The van der Waals surface area contributed by atoms with Crippen molar-refractivity contribution in [1.82, 2.24) is 19.4 Å². The van der Waals surface area contributed by atoms with Crippen LogP contribution in [-0.2, 0) is 0 Å². The summed E-state index contributed by atoms with van der Waals surface area (Å²) < 4.78 is 2.23. The smallest absolute Gasteiger partial charge is 0.321 e. The van der Waals surface area contributed by atoms with E-state index in [1.165, 1.54) is 11.1 Å². The van der Waals surface area contributed by atoms with Gasteiger partial charge in [0, 0.05) is 31.0 Å². The molecule has 0 radical (unpaired) electrons. The molecule has 3 aromatic rings. The van der Waals surface area contributed by atoms with Crippen LogP contribution in [0.4, 0.5) is 10.5 Å². The molecule has 1 aliphatic heterocycles. The average Bonchev–Trinajstić information content (AvgIpc) is 3.00. The molecular formula is C21H25N5O. The highest BCUT2D eigenvalue weighted by Gasteiger charge is 2.26. The number of carbonyl (C=O) groups excluding carboxylic acids is 1. The molecule has 0 atom stereocenters. The van der Waals surface area contributed by atoms with Crippen molar-refractivity contribution in [3.05, 3.63) is 53.5 Å². The monoisotopic (exact) mass is 363 g/mol. The fraction of sp³-hybridized carbons (Fsp3) is 0.381. The minimum absolute atomic E-state index is 0.0259. The van der Waals surface area contributed by atoms with Crippen LogP contribution in [0.5, 0.6) is 0 Å². The van der Waals surface area contributed by atoms with Gasteiger partial charge in [-0.3, -0.25) is 0 Å². The summed E-state index contributed by atoms with van der Waals surface area (Å²) in [4.78, 5) is 23.6. The predicted octanol–water partition coefficient (Wildman–Crippen LogP) is 4.23. The van der Waals surface area contributed by atoms with E-state index in [1.54, 1.807) is 0 Å². The first-order chi connectivity index (χ1) is 13.0. The number of hydrogen-bond donors (Lipinski definition) is 1. The van der Waals surface area contributed by atoms with E-state index >= 15 is 0 Å². The van der Waals surface area contributed by atoms with Crippen LogP contribution in [0.3, 0.4) is 0 Å². The molecule has 0 unspecified atom stereocenters. The minimum Gasteiger partial charge on any atom is -0.324 e. The Balaban J connectivity index is 1.43. The molecule has 6 nitrogen and oxygen atoms in total. The number of urea groups is 1. The number of carbonyl (C=O) groups is 1. The van der Waals surface area contributed by atoms with Gasteiger partial charge in [0.1, 0.15) is 11.3 Å². The number of fused-ring (bicyclic) bond motifs is 1. The highest BCUT2D eigenvalue weighted by Crippen LogP contribution is 2.28. The van der Waals surface area contributed by atoms with Crippen LogP contribution in [0, 0.1) is 20.8 Å². The van der Waals surface area contributed by atoms with Crippen LogP contribution in [0.15, 0.2) is 36.5 Å². The molecule has 27 heavy (non-hydrogen) atoms. The molecule has 0 spiro atoms. The van der Waals surface area contributed by atoms with Crippen molar-refractivity contribution >= 4 is 22.9 Å². The zero-order valence-electron chi connectivity index (χ0n) is 16.1. The van der Waals surface area contributed by atoms with Crippen molar-refractivity contribution in [1.29, 1.82) is 0 Å². The number of amides is 2. The third kappa shape index (κ3) is 3.39. The van der Waals surface area contributed by atoms with Crippen molar-refractivity contribution in [2.24, 2.45) is 0 Å². The summed E-state index contributed by atoms with van der Waals surface area (Å²) in [5.74, 6) is 0.988. The third-order valence-corrected chi connectivity index (χ3v) is 5.50. The van der Waals surface area contributed by atoms with Gasteiger partial charge in [-0.1, -0.05) is 6.07 Å². The maximum atomic E-state index is 12.6. The third-order valence-electron chi connectivity index (χ3n) is 5.50. The quantitative estimate of drug-likeness (QED) is 0.741. The molecule has 1 aromatic carbocycles. The number of nitrogens with one attached hydrogen (secondary N) is 1. The van der Waals surface area contributed by atoms with Gasteiger partial charge in [-0.05, 0) is 69.0 Å². The Labute approximate surface area is 159 Å². The molecule has 2 amide bonds. The second-order valence-corrected chi connectivity index (χ2v) is 7.32. The van der Waals surface area contributed by atoms with Crippen molar-refractivity contribution < 1.29 is 4.79 Å². The summed E-state index contributed by atoms with van der Waals surface area (Å²) in [7, 11) is 0. The minimum atomic E-state index is -0.0259. The fourth-order valence-electron chi connectivity index (χ4n) is 3.83. The van der Waals surface area contributed by atoms with E-state index in [-0.39, 0.29) is 6.03 Å². The van der Waals surface area contributed by atoms with Gasteiger partial charge in [0.15, 0.2) is 5.65 Å². The number of likely N-dealkylation sites (tertiary alicyclic amines) is 1. The Morgan fingerprint density at radius 1 is 1.11 bits per heavy atom. The van der Waals surface area contributed by atoms with Crippen LogP contribution in [0.1, 0.15) is 35.8 Å². The predicted molar refractivity (Wildman–Crippen MR) is 107 cm³/mol. The van der Waals surface area contributed by atoms with Gasteiger partial charge in [0.05, 0.1) is 0 Å². The average molecular weight is 363 g/mol. The molecule has 6 heteroatoms. The highest BCUT2D eigenvalue weighted by molar-refractivity contribution is 5.89. The first-order valence-corrected chi connectivity index (χ1v) is 9.45. The van der Waals surface area contributed by atoms with E-state index in [4.69, 9.17) is 0 Å². The zero-order valence-corrected chi connectivity index (χ0v) is 16.1.